The Morgan fingerprint density at radius 1 is 1.45 bits per heavy atom. The number of carbonyl (C=O) groups is 1. The Morgan fingerprint density at radius 3 is 2.80 bits per heavy atom. The van der Waals surface area contributed by atoms with Gasteiger partial charge < -0.3 is 16.2 Å². The lowest BCUT2D eigenvalue weighted by atomic mass is 9.92. The fraction of sp³-hybridized carbons (Fsp3) is 0.562. The summed E-state index contributed by atoms with van der Waals surface area (Å²) in [4.78, 5) is 10.9. The maximum Gasteiger partial charge on any atom is 0.217 e. The van der Waals surface area contributed by atoms with Crippen molar-refractivity contribution in [3.63, 3.8) is 0 Å². The van der Waals surface area contributed by atoms with E-state index < -0.39 is 0 Å². The van der Waals surface area contributed by atoms with Crippen LogP contribution in [0.5, 0.6) is 5.75 Å². The average Bonchev–Trinajstić information content (AvgIpc) is 2.59. The summed E-state index contributed by atoms with van der Waals surface area (Å²) in [5.41, 5.74) is 13.6. The molecule has 4 heteroatoms. The van der Waals surface area contributed by atoms with Gasteiger partial charge in [-0.15, -0.1) is 0 Å². The maximum absolute atomic E-state index is 10.9. The third-order valence-electron chi connectivity index (χ3n) is 3.72. The SMILES string of the molecule is CC(CC(N)=O)CC(N)c1ccc2c(c1)CC(C)(C)O2. The Bertz CT molecular complexity index is 511. The maximum atomic E-state index is 10.9. The Labute approximate surface area is 120 Å². The molecule has 0 aliphatic carbocycles. The summed E-state index contributed by atoms with van der Waals surface area (Å²) in [6.07, 6.45) is 2.04. The molecule has 1 aliphatic heterocycles. The van der Waals surface area contributed by atoms with Crippen LogP contribution in [0.2, 0.25) is 0 Å². The summed E-state index contributed by atoms with van der Waals surface area (Å²) in [5, 5.41) is 0. The highest BCUT2D eigenvalue weighted by Crippen LogP contribution is 2.36. The fourth-order valence-electron chi connectivity index (χ4n) is 2.86. The van der Waals surface area contributed by atoms with E-state index in [-0.39, 0.29) is 23.5 Å². The van der Waals surface area contributed by atoms with E-state index in [0.717, 1.165) is 24.2 Å². The third-order valence-corrected chi connectivity index (χ3v) is 3.72. The van der Waals surface area contributed by atoms with Gasteiger partial charge in [0.15, 0.2) is 0 Å². The smallest absolute Gasteiger partial charge is 0.217 e. The highest BCUT2D eigenvalue weighted by Gasteiger charge is 2.30. The van der Waals surface area contributed by atoms with Gasteiger partial charge in [0.05, 0.1) is 0 Å². The second kappa shape index (κ2) is 5.44. The molecule has 1 aliphatic rings. The average molecular weight is 276 g/mol. The molecule has 0 aromatic heterocycles. The molecule has 1 aromatic rings. The lowest BCUT2D eigenvalue weighted by Gasteiger charge is -2.17. The summed E-state index contributed by atoms with van der Waals surface area (Å²) < 4.78 is 5.86. The predicted molar refractivity (Wildman–Crippen MR) is 79.4 cm³/mol. The molecule has 0 fully saturated rings. The van der Waals surface area contributed by atoms with Crippen molar-refractivity contribution >= 4 is 5.91 Å². The van der Waals surface area contributed by atoms with Gasteiger partial charge in [-0.1, -0.05) is 19.1 Å². The van der Waals surface area contributed by atoms with Crippen molar-refractivity contribution < 1.29 is 9.53 Å². The van der Waals surface area contributed by atoms with Gasteiger partial charge in [0.1, 0.15) is 11.4 Å². The Hall–Kier alpha value is -1.55. The lowest BCUT2D eigenvalue weighted by molar-refractivity contribution is -0.118. The number of hydrogen-bond acceptors (Lipinski definition) is 3. The molecular weight excluding hydrogens is 252 g/mol. The quantitative estimate of drug-likeness (QED) is 0.866. The molecule has 4 nitrogen and oxygen atoms in total. The van der Waals surface area contributed by atoms with E-state index in [4.69, 9.17) is 16.2 Å². The van der Waals surface area contributed by atoms with Gasteiger partial charge in [-0.2, -0.15) is 0 Å². The van der Waals surface area contributed by atoms with E-state index >= 15 is 0 Å². The number of rotatable bonds is 5. The van der Waals surface area contributed by atoms with Crippen LogP contribution in [0.25, 0.3) is 0 Å². The first-order valence-corrected chi connectivity index (χ1v) is 7.12. The molecule has 20 heavy (non-hydrogen) atoms. The standard InChI is InChI=1S/C16H24N2O2/c1-10(7-15(18)19)6-13(17)11-4-5-14-12(8-11)9-16(2,3)20-14/h4-5,8,10,13H,6-7,9,17H2,1-3H3,(H2,18,19). The van der Waals surface area contributed by atoms with E-state index in [2.05, 4.69) is 19.9 Å². The third kappa shape index (κ3) is 3.51. The van der Waals surface area contributed by atoms with Crippen LogP contribution in [-0.4, -0.2) is 11.5 Å². The van der Waals surface area contributed by atoms with Crippen LogP contribution in [0, 0.1) is 5.92 Å². The molecule has 1 aromatic carbocycles. The number of nitrogens with two attached hydrogens (primary N) is 2. The normalized spacial score (nSPS) is 19.0. The monoisotopic (exact) mass is 276 g/mol. The number of ether oxygens (including phenoxy) is 1. The summed E-state index contributed by atoms with van der Waals surface area (Å²) in [5.74, 6) is 0.883. The van der Waals surface area contributed by atoms with Crippen LogP contribution >= 0.6 is 0 Å². The van der Waals surface area contributed by atoms with E-state index in [1.54, 1.807) is 0 Å². The second-order valence-corrected chi connectivity index (χ2v) is 6.52. The number of hydrogen-bond donors (Lipinski definition) is 2. The van der Waals surface area contributed by atoms with Crippen molar-refractivity contribution in [3.8, 4) is 5.75 Å². The van der Waals surface area contributed by atoms with Gasteiger partial charge >= 0.3 is 0 Å². The Morgan fingerprint density at radius 2 is 2.15 bits per heavy atom. The van der Waals surface area contributed by atoms with Crippen LogP contribution < -0.4 is 16.2 Å². The molecule has 2 atom stereocenters. The highest BCUT2D eigenvalue weighted by molar-refractivity contribution is 5.73. The summed E-state index contributed by atoms with van der Waals surface area (Å²) in [6, 6.07) is 6.07. The molecular formula is C16H24N2O2. The van der Waals surface area contributed by atoms with Crippen molar-refractivity contribution in [2.45, 2.75) is 51.7 Å². The second-order valence-electron chi connectivity index (χ2n) is 6.52. The van der Waals surface area contributed by atoms with E-state index in [1.165, 1.54) is 5.56 Å². The van der Waals surface area contributed by atoms with Crippen molar-refractivity contribution in [2.75, 3.05) is 0 Å². The van der Waals surface area contributed by atoms with Gasteiger partial charge in [0.2, 0.25) is 5.91 Å². The zero-order valence-electron chi connectivity index (χ0n) is 12.5. The summed E-state index contributed by atoms with van der Waals surface area (Å²) in [7, 11) is 0. The Balaban J connectivity index is 2.05. The molecule has 0 saturated carbocycles. The number of carbonyl (C=O) groups excluding carboxylic acids is 1. The zero-order valence-corrected chi connectivity index (χ0v) is 12.5. The van der Waals surface area contributed by atoms with Crippen LogP contribution in [0.15, 0.2) is 18.2 Å². The fourth-order valence-corrected chi connectivity index (χ4v) is 2.86. The number of benzene rings is 1. The van der Waals surface area contributed by atoms with Crippen molar-refractivity contribution in [2.24, 2.45) is 17.4 Å². The van der Waals surface area contributed by atoms with Gasteiger partial charge in [-0.05, 0) is 43.4 Å². The number of fused-ring (bicyclic) bond motifs is 1. The number of primary amides is 1. The highest BCUT2D eigenvalue weighted by atomic mass is 16.5. The minimum Gasteiger partial charge on any atom is -0.487 e. The van der Waals surface area contributed by atoms with Crippen LogP contribution in [0.3, 0.4) is 0 Å². The molecule has 1 amide bonds. The minimum absolute atomic E-state index is 0.0710. The topological polar surface area (TPSA) is 78.3 Å². The van der Waals surface area contributed by atoms with Gasteiger partial charge in [-0.25, -0.2) is 0 Å². The van der Waals surface area contributed by atoms with Gasteiger partial charge in [0, 0.05) is 18.9 Å². The van der Waals surface area contributed by atoms with Crippen molar-refractivity contribution in [1.29, 1.82) is 0 Å². The van der Waals surface area contributed by atoms with Crippen LogP contribution in [0.1, 0.15) is 50.8 Å². The lowest BCUT2D eigenvalue weighted by Crippen LogP contribution is -2.24. The minimum atomic E-state index is -0.270. The summed E-state index contributed by atoms with van der Waals surface area (Å²) >= 11 is 0. The first kappa shape index (κ1) is 14.9. The van der Waals surface area contributed by atoms with E-state index in [0.29, 0.717) is 6.42 Å². The van der Waals surface area contributed by atoms with Crippen LogP contribution in [0.4, 0.5) is 0 Å². The molecule has 0 radical (unpaired) electrons. The summed E-state index contributed by atoms with van der Waals surface area (Å²) in [6.45, 7) is 6.17. The van der Waals surface area contributed by atoms with Crippen LogP contribution in [-0.2, 0) is 11.2 Å². The molecule has 2 unspecified atom stereocenters. The molecule has 0 bridgehead atoms. The Kier molecular flexibility index (Phi) is 4.04. The van der Waals surface area contributed by atoms with E-state index in [9.17, 15) is 4.79 Å². The molecule has 4 N–H and O–H groups in total. The molecule has 0 spiro atoms. The predicted octanol–water partition coefficient (Wildman–Crippen LogP) is 2.30. The van der Waals surface area contributed by atoms with Gasteiger partial charge in [-0.3, -0.25) is 4.79 Å². The first-order valence-electron chi connectivity index (χ1n) is 7.12. The zero-order chi connectivity index (χ0) is 14.9. The number of amides is 1. The largest absolute Gasteiger partial charge is 0.487 e. The molecule has 110 valence electrons. The molecule has 1 heterocycles. The van der Waals surface area contributed by atoms with E-state index in [1.807, 2.05) is 19.1 Å². The van der Waals surface area contributed by atoms with Crippen molar-refractivity contribution in [1.82, 2.24) is 0 Å². The van der Waals surface area contributed by atoms with Gasteiger partial charge in [0.25, 0.3) is 0 Å². The first-order chi connectivity index (χ1) is 9.27. The molecule has 2 rings (SSSR count). The van der Waals surface area contributed by atoms with Crippen molar-refractivity contribution in [3.05, 3.63) is 29.3 Å². The molecule has 0 saturated heterocycles.